The Kier molecular flexibility index (Phi) is 2.73. The number of rotatable bonds is 2. The third kappa shape index (κ3) is 1.61. The van der Waals surface area contributed by atoms with Crippen molar-refractivity contribution < 1.29 is 4.79 Å². The molecule has 1 amide bonds. The average Bonchev–Trinajstić information content (AvgIpc) is 2.06. The summed E-state index contributed by atoms with van der Waals surface area (Å²) in [5.74, 6) is 0.711. The second kappa shape index (κ2) is 3.44. The highest BCUT2D eigenvalue weighted by Crippen LogP contribution is 2.33. The average molecular weight is 170 g/mol. The topological polar surface area (TPSA) is 55.1 Å². The molecule has 70 valence electrons. The molecule has 3 N–H and O–H groups in total. The van der Waals surface area contributed by atoms with Gasteiger partial charge in [0.1, 0.15) is 0 Å². The minimum absolute atomic E-state index is 0.147. The molecule has 0 saturated carbocycles. The van der Waals surface area contributed by atoms with Gasteiger partial charge in [-0.15, -0.1) is 0 Å². The lowest BCUT2D eigenvalue weighted by atomic mass is 9.72. The van der Waals surface area contributed by atoms with E-state index in [-0.39, 0.29) is 11.3 Å². The maximum Gasteiger partial charge on any atom is 0.220 e. The van der Waals surface area contributed by atoms with Crippen molar-refractivity contribution in [3.05, 3.63) is 0 Å². The number of carbonyl (C=O) groups is 1. The van der Waals surface area contributed by atoms with Crippen molar-refractivity contribution in [3.63, 3.8) is 0 Å². The zero-order valence-electron chi connectivity index (χ0n) is 7.89. The summed E-state index contributed by atoms with van der Waals surface area (Å²) >= 11 is 0. The SMILES string of the molecule is CC(C)C1(CN)CCC(=O)NC1. The van der Waals surface area contributed by atoms with Gasteiger partial charge in [0.25, 0.3) is 0 Å². The number of carbonyl (C=O) groups excluding carboxylic acids is 1. The molecule has 1 aliphatic rings. The molecule has 12 heavy (non-hydrogen) atoms. The number of hydrogen-bond donors (Lipinski definition) is 2. The molecule has 0 aromatic heterocycles. The van der Waals surface area contributed by atoms with E-state index < -0.39 is 0 Å². The fourth-order valence-electron chi connectivity index (χ4n) is 1.72. The molecule has 1 fully saturated rings. The molecule has 3 nitrogen and oxygen atoms in total. The molecular formula is C9H18N2O. The van der Waals surface area contributed by atoms with Gasteiger partial charge in [-0.1, -0.05) is 13.8 Å². The van der Waals surface area contributed by atoms with E-state index in [1.54, 1.807) is 0 Å². The van der Waals surface area contributed by atoms with Gasteiger partial charge >= 0.3 is 0 Å². The van der Waals surface area contributed by atoms with Crippen LogP contribution in [0.25, 0.3) is 0 Å². The van der Waals surface area contributed by atoms with Gasteiger partial charge < -0.3 is 11.1 Å². The zero-order valence-corrected chi connectivity index (χ0v) is 7.89. The Morgan fingerprint density at radius 2 is 2.33 bits per heavy atom. The van der Waals surface area contributed by atoms with Crippen LogP contribution in [0, 0.1) is 11.3 Å². The molecule has 1 rings (SSSR count). The van der Waals surface area contributed by atoms with Gasteiger partial charge in [0.2, 0.25) is 5.91 Å². The fraction of sp³-hybridized carbons (Fsp3) is 0.889. The number of nitrogens with one attached hydrogen (secondary N) is 1. The number of piperidine rings is 1. The molecule has 1 atom stereocenters. The van der Waals surface area contributed by atoms with E-state index in [0.717, 1.165) is 13.0 Å². The van der Waals surface area contributed by atoms with Gasteiger partial charge in [-0.25, -0.2) is 0 Å². The maximum absolute atomic E-state index is 10.9. The van der Waals surface area contributed by atoms with Gasteiger partial charge in [0.15, 0.2) is 0 Å². The molecule has 1 unspecified atom stereocenters. The van der Waals surface area contributed by atoms with Crippen molar-refractivity contribution >= 4 is 5.91 Å². The number of amides is 1. The minimum atomic E-state index is 0.147. The van der Waals surface area contributed by atoms with Gasteiger partial charge in [0.05, 0.1) is 0 Å². The van der Waals surface area contributed by atoms with Crippen LogP contribution < -0.4 is 11.1 Å². The third-order valence-corrected chi connectivity index (χ3v) is 3.12. The van der Waals surface area contributed by atoms with Gasteiger partial charge in [-0.05, 0) is 18.9 Å². The van der Waals surface area contributed by atoms with E-state index in [4.69, 9.17) is 5.73 Å². The predicted octanol–water partition coefficient (Wildman–Crippen LogP) is 0.497. The number of nitrogens with two attached hydrogens (primary N) is 1. The van der Waals surface area contributed by atoms with E-state index in [2.05, 4.69) is 19.2 Å². The van der Waals surface area contributed by atoms with Crippen molar-refractivity contribution in [1.82, 2.24) is 5.32 Å². The first-order valence-electron chi connectivity index (χ1n) is 4.57. The summed E-state index contributed by atoms with van der Waals surface area (Å²) in [6.45, 7) is 5.76. The summed E-state index contributed by atoms with van der Waals surface area (Å²) in [5, 5.41) is 2.89. The van der Waals surface area contributed by atoms with E-state index in [1.807, 2.05) is 0 Å². The monoisotopic (exact) mass is 170 g/mol. The predicted molar refractivity (Wildman–Crippen MR) is 48.6 cm³/mol. The summed E-state index contributed by atoms with van der Waals surface area (Å²) in [7, 11) is 0. The molecule has 0 radical (unpaired) electrons. The summed E-state index contributed by atoms with van der Waals surface area (Å²) in [6, 6.07) is 0. The van der Waals surface area contributed by atoms with Crippen molar-refractivity contribution in [2.24, 2.45) is 17.1 Å². The lowest BCUT2D eigenvalue weighted by molar-refractivity contribution is -0.124. The highest BCUT2D eigenvalue weighted by atomic mass is 16.1. The molecule has 0 aromatic carbocycles. The minimum Gasteiger partial charge on any atom is -0.355 e. The highest BCUT2D eigenvalue weighted by molar-refractivity contribution is 5.76. The van der Waals surface area contributed by atoms with Crippen LogP contribution in [0.4, 0.5) is 0 Å². The van der Waals surface area contributed by atoms with Crippen LogP contribution in [-0.2, 0) is 4.79 Å². The summed E-state index contributed by atoms with van der Waals surface area (Å²) in [5.41, 5.74) is 5.88. The Balaban J connectivity index is 2.63. The first-order valence-corrected chi connectivity index (χ1v) is 4.57. The van der Waals surface area contributed by atoms with E-state index in [9.17, 15) is 4.79 Å². The molecule has 0 aliphatic carbocycles. The number of hydrogen-bond acceptors (Lipinski definition) is 2. The second-order valence-corrected chi connectivity index (χ2v) is 4.00. The highest BCUT2D eigenvalue weighted by Gasteiger charge is 2.35. The summed E-state index contributed by atoms with van der Waals surface area (Å²) < 4.78 is 0. The Morgan fingerprint density at radius 1 is 1.67 bits per heavy atom. The molecule has 1 saturated heterocycles. The van der Waals surface area contributed by atoms with Crippen LogP contribution >= 0.6 is 0 Å². The standard InChI is InChI=1S/C9H18N2O/c1-7(2)9(5-10)4-3-8(12)11-6-9/h7H,3-6,10H2,1-2H3,(H,11,12). The lowest BCUT2D eigenvalue weighted by Gasteiger charge is -2.39. The fourth-order valence-corrected chi connectivity index (χ4v) is 1.72. The normalized spacial score (nSPS) is 30.5. The van der Waals surface area contributed by atoms with Crippen LogP contribution in [0.3, 0.4) is 0 Å². The van der Waals surface area contributed by atoms with Crippen LogP contribution in [0.2, 0.25) is 0 Å². The molecule has 1 heterocycles. The van der Waals surface area contributed by atoms with Crippen molar-refractivity contribution in [2.75, 3.05) is 13.1 Å². The molecular weight excluding hydrogens is 152 g/mol. The van der Waals surface area contributed by atoms with Gasteiger partial charge in [0, 0.05) is 18.4 Å². The Morgan fingerprint density at radius 3 is 2.67 bits per heavy atom. The van der Waals surface area contributed by atoms with Crippen LogP contribution in [0.5, 0.6) is 0 Å². The Labute approximate surface area is 73.7 Å². The van der Waals surface area contributed by atoms with E-state index >= 15 is 0 Å². The molecule has 0 spiro atoms. The smallest absolute Gasteiger partial charge is 0.220 e. The third-order valence-electron chi connectivity index (χ3n) is 3.12. The lowest BCUT2D eigenvalue weighted by Crippen LogP contribution is -2.50. The van der Waals surface area contributed by atoms with Gasteiger partial charge in [-0.3, -0.25) is 4.79 Å². The molecule has 0 aromatic rings. The van der Waals surface area contributed by atoms with Gasteiger partial charge in [-0.2, -0.15) is 0 Å². The van der Waals surface area contributed by atoms with Crippen LogP contribution in [-0.4, -0.2) is 19.0 Å². The molecule has 3 heteroatoms. The zero-order chi connectivity index (χ0) is 9.19. The van der Waals surface area contributed by atoms with Crippen molar-refractivity contribution in [1.29, 1.82) is 0 Å². The van der Waals surface area contributed by atoms with Crippen LogP contribution in [0.1, 0.15) is 26.7 Å². The van der Waals surface area contributed by atoms with Crippen molar-refractivity contribution in [3.8, 4) is 0 Å². The Bertz CT molecular complexity index is 167. The summed E-state index contributed by atoms with van der Waals surface area (Å²) in [4.78, 5) is 10.9. The van der Waals surface area contributed by atoms with Crippen LogP contribution in [0.15, 0.2) is 0 Å². The first-order chi connectivity index (χ1) is 5.60. The molecule has 0 bridgehead atoms. The van der Waals surface area contributed by atoms with Crippen molar-refractivity contribution in [2.45, 2.75) is 26.7 Å². The second-order valence-electron chi connectivity index (χ2n) is 4.00. The first kappa shape index (κ1) is 9.52. The maximum atomic E-state index is 10.9. The molecule has 1 aliphatic heterocycles. The van der Waals surface area contributed by atoms with E-state index in [0.29, 0.717) is 18.9 Å². The Hall–Kier alpha value is -0.570. The largest absolute Gasteiger partial charge is 0.355 e. The quantitative estimate of drug-likeness (QED) is 0.634. The van der Waals surface area contributed by atoms with E-state index in [1.165, 1.54) is 0 Å². The summed E-state index contributed by atoms with van der Waals surface area (Å²) in [6.07, 6.45) is 1.57.